The first-order chi connectivity index (χ1) is 9.29. The van der Waals surface area contributed by atoms with Gasteiger partial charge in [0.15, 0.2) is 5.78 Å². The maximum atomic E-state index is 12.3. The van der Waals surface area contributed by atoms with Crippen molar-refractivity contribution in [3.05, 3.63) is 58.9 Å². The van der Waals surface area contributed by atoms with E-state index >= 15 is 0 Å². The molecular weight excluding hydrogens is 256 g/mol. The highest BCUT2D eigenvalue weighted by Crippen LogP contribution is 2.27. The van der Waals surface area contributed by atoms with E-state index in [1.165, 1.54) is 10.1 Å². The topological polar surface area (TPSA) is 30.2 Å². The van der Waals surface area contributed by atoms with Gasteiger partial charge in [-0.05, 0) is 28.5 Å². The number of hydrogen-bond acceptors (Lipinski definition) is 3. The second-order valence-electron chi connectivity index (χ2n) is 4.47. The van der Waals surface area contributed by atoms with Crippen LogP contribution >= 0.6 is 11.3 Å². The molecule has 2 heterocycles. The molecule has 0 unspecified atom stereocenters. The van der Waals surface area contributed by atoms with E-state index < -0.39 is 0 Å². The summed E-state index contributed by atoms with van der Waals surface area (Å²) in [5.74, 6) is 0.915. The van der Waals surface area contributed by atoms with Crippen LogP contribution in [0.15, 0.2) is 46.4 Å². The average Bonchev–Trinajstić information content (AvgIpc) is 3.05. The van der Waals surface area contributed by atoms with E-state index in [9.17, 15) is 4.79 Å². The van der Waals surface area contributed by atoms with Gasteiger partial charge in [0.05, 0.1) is 11.8 Å². The highest BCUT2D eigenvalue weighted by molar-refractivity contribution is 7.17. The molecule has 3 aromatic rings. The third-order valence-corrected chi connectivity index (χ3v) is 4.29. The third-order valence-electron chi connectivity index (χ3n) is 3.28. The van der Waals surface area contributed by atoms with Gasteiger partial charge in [-0.3, -0.25) is 4.79 Å². The number of aryl methyl sites for hydroxylation is 1. The van der Waals surface area contributed by atoms with Crippen LogP contribution in [0.1, 0.15) is 28.6 Å². The molecule has 1 aromatic carbocycles. The van der Waals surface area contributed by atoms with Crippen LogP contribution in [0.5, 0.6) is 0 Å². The molecule has 0 aliphatic rings. The normalized spacial score (nSPS) is 11.0. The minimum absolute atomic E-state index is 0.133. The number of carbonyl (C=O) groups excluding carboxylic acids is 1. The van der Waals surface area contributed by atoms with Crippen LogP contribution < -0.4 is 0 Å². The van der Waals surface area contributed by atoms with Crippen LogP contribution in [-0.4, -0.2) is 5.78 Å². The van der Waals surface area contributed by atoms with Crippen molar-refractivity contribution in [3.63, 3.8) is 0 Å². The molecule has 2 nitrogen and oxygen atoms in total. The van der Waals surface area contributed by atoms with Gasteiger partial charge in [0.25, 0.3) is 0 Å². The second-order valence-corrected chi connectivity index (χ2v) is 5.38. The summed E-state index contributed by atoms with van der Waals surface area (Å²) in [6.07, 6.45) is 2.78. The van der Waals surface area contributed by atoms with Crippen LogP contribution in [0, 0.1) is 0 Å². The Hall–Kier alpha value is -1.87. The number of rotatable bonds is 4. The van der Waals surface area contributed by atoms with Crippen molar-refractivity contribution in [2.24, 2.45) is 0 Å². The van der Waals surface area contributed by atoms with Gasteiger partial charge in [-0.2, -0.15) is 0 Å². The first-order valence-corrected chi connectivity index (χ1v) is 7.22. The Balaban J connectivity index is 1.91. The number of hydrogen-bond donors (Lipinski definition) is 0. The summed E-state index contributed by atoms with van der Waals surface area (Å²) in [7, 11) is 0. The number of ketones is 1. The fourth-order valence-corrected chi connectivity index (χ4v) is 3.26. The molecule has 0 saturated heterocycles. The fraction of sp³-hybridized carbons (Fsp3) is 0.188. The van der Waals surface area contributed by atoms with Gasteiger partial charge in [-0.25, -0.2) is 0 Å². The van der Waals surface area contributed by atoms with Gasteiger partial charge >= 0.3 is 0 Å². The Kier molecular flexibility index (Phi) is 3.22. The smallest absolute Gasteiger partial charge is 0.170 e. The first-order valence-electron chi connectivity index (χ1n) is 6.34. The van der Waals surface area contributed by atoms with Crippen molar-refractivity contribution in [2.45, 2.75) is 19.8 Å². The molecule has 0 spiro atoms. The standard InChI is InChI=1S/C16H14O2S/c1-2-15-13(7-8-18-15)14(17)9-11-10-19-16-6-4-3-5-12(11)16/h3-8,10H,2,9H2,1H3. The van der Waals surface area contributed by atoms with E-state index in [0.717, 1.165) is 23.3 Å². The lowest BCUT2D eigenvalue weighted by molar-refractivity contribution is 0.0991. The van der Waals surface area contributed by atoms with Crippen LogP contribution in [0.4, 0.5) is 0 Å². The van der Waals surface area contributed by atoms with Crippen molar-refractivity contribution >= 4 is 27.2 Å². The molecule has 0 amide bonds. The van der Waals surface area contributed by atoms with E-state index in [1.54, 1.807) is 23.7 Å². The molecule has 0 aliphatic carbocycles. The summed E-state index contributed by atoms with van der Waals surface area (Å²) in [6, 6.07) is 9.97. The quantitative estimate of drug-likeness (QED) is 0.654. The fourth-order valence-electron chi connectivity index (χ4n) is 2.30. The molecule has 2 aromatic heterocycles. The average molecular weight is 270 g/mol. The molecule has 0 N–H and O–H groups in total. The van der Waals surface area contributed by atoms with Crippen molar-refractivity contribution in [1.29, 1.82) is 0 Å². The minimum Gasteiger partial charge on any atom is -0.469 e. The Morgan fingerprint density at radius 2 is 2.11 bits per heavy atom. The van der Waals surface area contributed by atoms with Gasteiger partial charge < -0.3 is 4.42 Å². The minimum atomic E-state index is 0.133. The zero-order chi connectivity index (χ0) is 13.2. The molecule has 0 saturated carbocycles. The number of fused-ring (bicyclic) bond motifs is 1. The lowest BCUT2D eigenvalue weighted by Gasteiger charge is -2.00. The van der Waals surface area contributed by atoms with E-state index in [2.05, 4.69) is 17.5 Å². The molecule has 0 atom stereocenters. The highest BCUT2D eigenvalue weighted by atomic mass is 32.1. The largest absolute Gasteiger partial charge is 0.469 e. The van der Waals surface area contributed by atoms with Crippen molar-refractivity contribution in [3.8, 4) is 0 Å². The van der Waals surface area contributed by atoms with E-state index in [-0.39, 0.29) is 5.78 Å². The van der Waals surface area contributed by atoms with Crippen LogP contribution in [0.25, 0.3) is 10.1 Å². The monoisotopic (exact) mass is 270 g/mol. The first kappa shape index (κ1) is 12.2. The Bertz CT molecular complexity index is 721. The zero-order valence-corrected chi connectivity index (χ0v) is 11.5. The summed E-state index contributed by atoms with van der Waals surface area (Å²) in [6.45, 7) is 2.00. The van der Waals surface area contributed by atoms with Gasteiger partial charge in [0.1, 0.15) is 5.76 Å². The lowest BCUT2D eigenvalue weighted by atomic mass is 10.0. The SMILES string of the molecule is CCc1occc1C(=O)Cc1csc2ccccc12. The summed E-state index contributed by atoms with van der Waals surface area (Å²) in [5.41, 5.74) is 1.83. The number of carbonyl (C=O) groups is 1. The lowest BCUT2D eigenvalue weighted by Crippen LogP contribution is -2.04. The molecule has 0 aliphatic heterocycles. The molecule has 19 heavy (non-hydrogen) atoms. The molecule has 96 valence electrons. The highest BCUT2D eigenvalue weighted by Gasteiger charge is 2.15. The zero-order valence-electron chi connectivity index (χ0n) is 10.7. The molecule has 3 rings (SSSR count). The van der Waals surface area contributed by atoms with Gasteiger partial charge in [0.2, 0.25) is 0 Å². The Morgan fingerprint density at radius 3 is 2.95 bits per heavy atom. The molecule has 0 radical (unpaired) electrons. The molecule has 0 bridgehead atoms. The van der Waals surface area contributed by atoms with Gasteiger partial charge in [-0.15, -0.1) is 11.3 Å². The number of furan rings is 1. The Labute approximate surface area is 115 Å². The van der Waals surface area contributed by atoms with E-state index in [1.807, 2.05) is 19.1 Å². The third kappa shape index (κ3) is 2.22. The van der Waals surface area contributed by atoms with Crippen molar-refractivity contribution in [2.75, 3.05) is 0 Å². The molecule has 3 heteroatoms. The summed E-state index contributed by atoms with van der Waals surface area (Å²) >= 11 is 1.69. The van der Waals surface area contributed by atoms with Crippen LogP contribution in [0.3, 0.4) is 0 Å². The predicted molar refractivity (Wildman–Crippen MR) is 77.9 cm³/mol. The predicted octanol–water partition coefficient (Wildman–Crippen LogP) is 4.48. The maximum absolute atomic E-state index is 12.3. The van der Waals surface area contributed by atoms with Gasteiger partial charge in [-0.1, -0.05) is 25.1 Å². The summed E-state index contributed by atoms with van der Waals surface area (Å²) in [5, 5.41) is 3.26. The van der Waals surface area contributed by atoms with Gasteiger partial charge in [0, 0.05) is 17.5 Å². The van der Waals surface area contributed by atoms with Crippen molar-refractivity contribution in [1.82, 2.24) is 0 Å². The molecular formula is C16H14O2S. The summed E-state index contributed by atoms with van der Waals surface area (Å²) < 4.78 is 6.55. The molecule has 0 fully saturated rings. The second kappa shape index (κ2) is 5.02. The van der Waals surface area contributed by atoms with Crippen LogP contribution in [-0.2, 0) is 12.8 Å². The van der Waals surface area contributed by atoms with E-state index in [0.29, 0.717) is 6.42 Å². The number of benzene rings is 1. The number of thiophene rings is 1. The Morgan fingerprint density at radius 1 is 1.26 bits per heavy atom. The van der Waals surface area contributed by atoms with E-state index in [4.69, 9.17) is 4.42 Å². The number of Topliss-reactive ketones (excluding diaryl/α,β-unsaturated/α-hetero) is 1. The maximum Gasteiger partial charge on any atom is 0.170 e. The summed E-state index contributed by atoms with van der Waals surface area (Å²) in [4.78, 5) is 12.3. The van der Waals surface area contributed by atoms with Crippen LogP contribution in [0.2, 0.25) is 0 Å². The van der Waals surface area contributed by atoms with Crippen molar-refractivity contribution < 1.29 is 9.21 Å².